The number of nitrogens with one attached hydrogen (secondary N) is 1. The molecule has 2 amide bonds. The molecule has 0 unspecified atom stereocenters. The predicted octanol–water partition coefficient (Wildman–Crippen LogP) is 4.09. The Kier molecular flexibility index (Phi) is 5.75. The molecule has 0 aliphatic carbocycles. The van der Waals surface area contributed by atoms with E-state index in [1.54, 1.807) is 4.90 Å². The van der Waals surface area contributed by atoms with Gasteiger partial charge in [-0.15, -0.1) is 0 Å². The van der Waals surface area contributed by atoms with Crippen molar-refractivity contribution in [3.05, 3.63) is 60.2 Å². The number of nitrogens with zero attached hydrogens (tertiary/aromatic N) is 3. The molecule has 0 radical (unpaired) electrons. The van der Waals surface area contributed by atoms with Crippen molar-refractivity contribution in [1.29, 1.82) is 5.26 Å². The molecule has 2 aromatic rings. The van der Waals surface area contributed by atoms with E-state index in [0.717, 1.165) is 30.8 Å². The first-order valence-electron chi connectivity index (χ1n) is 8.96. The van der Waals surface area contributed by atoms with Crippen LogP contribution in [0.15, 0.2) is 54.6 Å². The van der Waals surface area contributed by atoms with Crippen LogP contribution in [0.3, 0.4) is 0 Å². The Hall–Kier alpha value is -3.00. The summed E-state index contributed by atoms with van der Waals surface area (Å²) in [5.74, 6) is 0.0819. The first-order valence-corrected chi connectivity index (χ1v) is 8.96. The molecule has 0 bridgehead atoms. The van der Waals surface area contributed by atoms with E-state index < -0.39 is 0 Å². The Morgan fingerprint density at radius 2 is 1.81 bits per heavy atom. The lowest BCUT2D eigenvalue weighted by atomic mass is 9.99. The molecule has 1 aliphatic heterocycles. The number of rotatable bonds is 4. The Morgan fingerprint density at radius 1 is 1.15 bits per heavy atom. The number of benzene rings is 2. The van der Waals surface area contributed by atoms with Crippen LogP contribution in [0.2, 0.25) is 0 Å². The molecule has 0 spiro atoms. The third-order valence-electron chi connectivity index (χ3n) is 4.79. The Labute approximate surface area is 154 Å². The van der Waals surface area contributed by atoms with Crippen molar-refractivity contribution in [3.8, 4) is 6.07 Å². The summed E-state index contributed by atoms with van der Waals surface area (Å²) in [4.78, 5) is 16.3. The lowest BCUT2D eigenvalue weighted by Crippen LogP contribution is -2.40. The molecule has 5 heteroatoms. The molecule has 3 rings (SSSR count). The zero-order valence-corrected chi connectivity index (χ0v) is 15.1. The van der Waals surface area contributed by atoms with Gasteiger partial charge in [0.1, 0.15) is 0 Å². The van der Waals surface area contributed by atoms with E-state index in [-0.39, 0.29) is 11.9 Å². The molecule has 1 N–H and O–H groups in total. The van der Waals surface area contributed by atoms with Gasteiger partial charge in [0.15, 0.2) is 0 Å². The summed E-state index contributed by atoms with van der Waals surface area (Å²) in [6.07, 6.45) is 1.51. The van der Waals surface area contributed by atoms with Crippen LogP contribution < -0.4 is 10.2 Å². The monoisotopic (exact) mass is 348 g/mol. The topological polar surface area (TPSA) is 59.4 Å². The van der Waals surface area contributed by atoms with Crippen molar-refractivity contribution >= 4 is 17.4 Å². The number of anilines is 2. The first-order chi connectivity index (χ1) is 12.7. The fraction of sp³-hybridized carbons (Fsp3) is 0.333. The number of amides is 2. The maximum Gasteiger partial charge on any atom is 0.321 e. The van der Waals surface area contributed by atoms with Gasteiger partial charge in [-0.05, 0) is 42.7 Å². The molecule has 26 heavy (non-hydrogen) atoms. The van der Waals surface area contributed by atoms with Crippen molar-refractivity contribution in [2.24, 2.45) is 5.92 Å². The fourth-order valence-corrected chi connectivity index (χ4v) is 3.16. The SMILES string of the molecule is CN(Cc1ccccc1)c1ccc(NC(=O)N2CCC(C#N)CC2)cc1. The van der Waals surface area contributed by atoms with Crippen molar-refractivity contribution in [3.63, 3.8) is 0 Å². The summed E-state index contributed by atoms with van der Waals surface area (Å²) in [7, 11) is 2.06. The van der Waals surface area contributed by atoms with E-state index >= 15 is 0 Å². The number of nitriles is 1. The first kappa shape index (κ1) is 17.8. The molecule has 5 nitrogen and oxygen atoms in total. The molecule has 0 atom stereocenters. The van der Waals surface area contributed by atoms with Crippen LogP contribution >= 0.6 is 0 Å². The smallest absolute Gasteiger partial charge is 0.321 e. The summed E-state index contributed by atoms with van der Waals surface area (Å²) in [5, 5.41) is 11.9. The highest BCUT2D eigenvalue weighted by molar-refractivity contribution is 5.89. The molecule has 0 saturated carbocycles. The molecular weight excluding hydrogens is 324 g/mol. The van der Waals surface area contributed by atoms with E-state index in [0.29, 0.717) is 13.1 Å². The molecular formula is C21H24N4O. The summed E-state index contributed by atoms with van der Waals surface area (Å²) >= 11 is 0. The number of carbonyl (C=O) groups excluding carboxylic acids is 1. The lowest BCUT2D eigenvalue weighted by molar-refractivity contribution is 0.192. The molecule has 2 aromatic carbocycles. The van der Waals surface area contributed by atoms with E-state index in [2.05, 4.69) is 35.5 Å². The van der Waals surface area contributed by atoms with E-state index in [1.807, 2.05) is 42.5 Å². The highest BCUT2D eigenvalue weighted by Gasteiger charge is 2.22. The maximum absolute atomic E-state index is 12.3. The van der Waals surface area contributed by atoms with Crippen molar-refractivity contribution < 1.29 is 4.79 Å². The normalized spacial score (nSPS) is 14.5. The van der Waals surface area contributed by atoms with Gasteiger partial charge in [-0.25, -0.2) is 4.79 Å². The highest BCUT2D eigenvalue weighted by atomic mass is 16.2. The van der Waals surface area contributed by atoms with Crippen LogP contribution in [0.5, 0.6) is 0 Å². The number of hydrogen-bond donors (Lipinski definition) is 1. The number of urea groups is 1. The van der Waals surface area contributed by atoms with Gasteiger partial charge in [0.25, 0.3) is 0 Å². The molecule has 1 fully saturated rings. The van der Waals surface area contributed by atoms with Crippen LogP contribution in [-0.2, 0) is 6.54 Å². The second-order valence-corrected chi connectivity index (χ2v) is 6.71. The number of likely N-dealkylation sites (tertiary alicyclic amines) is 1. The van der Waals surface area contributed by atoms with E-state index in [4.69, 9.17) is 5.26 Å². The van der Waals surface area contributed by atoms with Crippen molar-refractivity contribution in [1.82, 2.24) is 4.90 Å². The zero-order valence-electron chi connectivity index (χ0n) is 15.1. The minimum Gasteiger partial charge on any atom is -0.370 e. The molecule has 1 aliphatic rings. The number of carbonyl (C=O) groups is 1. The van der Waals surface area contributed by atoms with Crippen LogP contribution in [0.1, 0.15) is 18.4 Å². The third kappa shape index (κ3) is 4.54. The average molecular weight is 348 g/mol. The Balaban J connectivity index is 1.54. The number of hydrogen-bond acceptors (Lipinski definition) is 3. The minimum absolute atomic E-state index is 0.0819. The van der Waals surface area contributed by atoms with Gasteiger partial charge in [-0.2, -0.15) is 5.26 Å². The average Bonchev–Trinajstić information content (AvgIpc) is 2.69. The third-order valence-corrected chi connectivity index (χ3v) is 4.79. The summed E-state index contributed by atoms with van der Waals surface area (Å²) in [5.41, 5.74) is 3.14. The standard InChI is InChI=1S/C21H24N4O/c1-24(16-18-5-3-2-4-6-18)20-9-7-19(8-10-20)23-21(26)25-13-11-17(15-22)12-14-25/h2-10,17H,11-14,16H2,1H3,(H,23,26). The Morgan fingerprint density at radius 3 is 2.42 bits per heavy atom. The van der Waals surface area contributed by atoms with Gasteiger partial charge in [0, 0.05) is 44.0 Å². The summed E-state index contributed by atoms with van der Waals surface area (Å²) in [6.45, 7) is 2.12. The fourth-order valence-electron chi connectivity index (χ4n) is 3.16. The van der Waals surface area contributed by atoms with Gasteiger partial charge in [0.2, 0.25) is 0 Å². The van der Waals surface area contributed by atoms with Gasteiger partial charge in [0.05, 0.1) is 6.07 Å². The van der Waals surface area contributed by atoms with Gasteiger partial charge >= 0.3 is 6.03 Å². The molecule has 1 heterocycles. The predicted molar refractivity (Wildman–Crippen MR) is 104 cm³/mol. The zero-order chi connectivity index (χ0) is 18.4. The minimum atomic E-state index is -0.0909. The second-order valence-electron chi connectivity index (χ2n) is 6.71. The molecule has 0 aromatic heterocycles. The molecule has 134 valence electrons. The summed E-state index contributed by atoms with van der Waals surface area (Å²) in [6, 6.07) is 20.4. The summed E-state index contributed by atoms with van der Waals surface area (Å²) < 4.78 is 0. The van der Waals surface area contributed by atoms with Crippen molar-refractivity contribution in [2.45, 2.75) is 19.4 Å². The number of piperidine rings is 1. The van der Waals surface area contributed by atoms with Crippen LogP contribution in [-0.4, -0.2) is 31.1 Å². The second kappa shape index (κ2) is 8.39. The molecule has 1 saturated heterocycles. The van der Waals surface area contributed by atoms with Gasteiger partial charge < -0.3 is 15.1 Å². The largest absolute Gasteiger partial charge is 0.370 e. The van der Waals surface area contributed by atoms with Crippen LogP contribution in [0.4, 0.5) is 16.2 Å². The quantitative estimate of drug-likeness (QED) is 0.905. The van der Waals surface area contributed by atoms with Crippen LogP contribution in [0, 0.1) is 17.2 Å². The van der Waals surface area contributed by atoms with Crippen LogP contribution in [0.25, 0.3) is 0 Å². The van der Waals surface area contributed by atoms with E-state index in [1.165, 1.54) is 5.56 Å². The highest BCUT2D eigenvalue weighted by Crippen LogP contribution is 2.20. The van der Waals surface area contributed by atoms with E-state index in [9.17, 15) is 4.79 Å². The maximum atomic E-state index is 12.3. The van der Waals surface area contributed by atoms with Gasteiger partial charge in [-0.3, -0.25) is 0 Å². The lowest BCUT2D eigenvalue weighted by Gasteiger charge is -2.29. The van der Waals surface area contributed by atoms with Gasteiger partial charge in [-0.1, -0.05) is 30.3 Å². The van der Waals surface area contributed by atoms with Crippen molar-refractivity contribution in [2.75, 3.05) is 30.4 Å². The Bertz CT molecular complexity index is 759.